The molecule has 3 aliphatic heterocycles. The Hall–Kier alpha value is -2.06. The highest BCUT2D eigenvalue weighted by atomic mass is 16.8. The molecule has 0 amide bonds. The number of hydrogen-bond donors (Lipinski definition) is 1. The van der Waals surface area contributed by atoms with Crippen molar-refractivity contribution in [1.29, 1.82) is 0 Å². The first-order valence-electron chi connectivity index (χ1n) is 9.83. The Morgan fingerprint density at radius 1 is 0.793 bits per heavy atom. The minimum Gasteiger partial charge on any atom is -0.394 e. The fraction of sp³-hybridized carbons (Fsp3) is 0.391. The van der Waals surface area contributed by atoms with Crippen molar-refractivity contribution in [3.05, 3.63) is 77.4 Å². The quantitative estimate of drug-likeness (QED) is 0.856. The zero-order valence-electron chi connectivity index (χ0n) is 16.1. The minimum absolute atomic E-state index is 0.168. The number of ether oxygens (including phenoxy) is 5. The van der Waals surface area contributed by atoms with Gasteiger partial charge in [0.1, 0.15) is 24.4 Å². The smallest absolute Gasteiger partial charge is 0.190 e. The van der Waals surface area contributed by atoms with Crippen LogP contribution < -0.4 is 0 Å². The standard InChI is InChI=1S/C23H24O6/c1-3-14-6-10-16(11-7-14)22-28-20-19-18(26-23(20)29-22)17(12-24)25-21(27-19)15-8-4-13(2)5-9-15/h3-11,17-24H,1,12H2,2H3. The van der Waals surface area contributed by atoms with Crippen molar-refractivity contribution in [3.8, 4) is 0 Å². The molecule has 5 rings (SSSR count). The lowest BCUT2D eigenvalue weighted by atomic mass is 10.0. The highest BCUT2D eigenvalue weighted by Gasteiger charge is 2.58. The number of benzene rings is 2. The van der Waals surface area contributed by atoms with E-state index < -0.39 is 43.3 Å². The second-order valence-corrected chi connectivity index (χ2v) is 7.61. The molecule has 3 saturated heterocycles. The highest BCUT2D eigenvalue weighted by molar-refractivity contribution is 5.47. The molecule has 29 heavy (non-hydrogen) atoms. The van der Waals surface area contributed by atoms with Crippen LogP contribution in [0, 0.1) is 6.92 Å². The Morgan fingerprint density at radius 3 is 2.07 bits per heavy atom. The van der Waals surface area contributed by atoms with Gasteiger partial charge in [-0.1, -0.05) is 66.7 Å². The number of rotatable bonds is 4. The van der Waals surface area contributed by atoms with Gasteiger partial charge in [-0.3, -0.25) is 0 Å². The fourth-order valence-corrected chi connectivity index (χ4v) is 4.04. The Balaban J connectivity index is 1.35. The van der Waals surface area contributed by atoms with E-state index >= 15 is 0 Å². The molecule has 3 fully saturated rings. The van der Waals surface area contributed by atoms with Crippen molar-refractivity contribution >= 4 is 6.08 Å². The van der Waals surface area contributed by atoms with Gasteiger partial charge in [-0.2, -0.15) is 0 Å². The van der Waals surface area contributed by atoms with Crippen LogP contribution in [0.15, 0.2) is 55.1 Å². The molecule has 6 nitrogen and oxygen atoms in total. The Morgan fingerprint density at radius 2 is 1.41 bits per heavy atom. The SMILES string of the molecule is C=Cc1ccc(C2OC3OC4C(CO)OC(c5ccc(C)cc5)OC4C3O2)cc1. The van der Waals surface area contributed by atoms with Crippen molar-refractivity contribution in [2.45, 2.75) is 50.2 Å². The topological polar surface area (TPSA) is 66.4 Å². The molecular formula is C23H24O6. The normalized spacial score (nSPS) is 35.9. The van der Waals surface area contributed by atoms with E-state index in [4.69, 9.17) is 23.7 Å². The number of aryl methyl sites for hydroxylation is 1. The summed E-state index contributed by atoms with van der Waals surface area (Å²) in [4.78, 5) is 0. The monoisotopic (exact) mass is 396 g/mol. The van der Waals surface area contributed by atoms with Gasteiger partial charge in [0.15, 0.2) is 18.9 Å². The van der Waals surface area contributed by atoms with Gasteiger partial charge in [0.2, 0.25) is 0 Å². The molecule has 0 saturated carbocycles. The molecule has 7 unspecified atom stereocenters. The van der Waals surface area contributed by atoms with Gasteiger partial charge in [0.05, 0.1) is 6.61 Å². The van der Waals surface area contributed by atoms with E-state index in [-0.39, 0.29) is 6.61 Å². The van der Waals surface area contributed by atoms with Gasteiger partial charge >= 0.3 is 0 Å². The van der Waals surface area contributed by atoms with E-state index in [9.17, 15) is 5.11 Å². The Kier molecular flexibility index (Phi) is 4.99. The van der Waals surface area contributed by atoms with Crippen LogP contribution in [-0.4, -0.2) is 42.4 Å². The molecule has 7 atom stereocenters. The van der Waals surface area contributed by atoms with Crippen molar-refractivity contribution in [1.82, 2.24) is 0 Å². The first-order chi connectivity index (χ1) is 14.2. The van der Waals surface area contributed by atoms with E-state index in [1.54, 1.807) is 6.08 Å². The molecule has 0 radical (unpaired) electrons. The molecule has 0 bridgehead atoms. The first kappa shape index (κ1) is 18.9. The molecule has 2 aromatic carbocycles. The first-order valence-corrected chi connectivity index (χ1v) is 9.83. The molecule has 0 spiro atoms. The third-order valence-corrected chi connectivity index (χ3v) is 5.66. The van der Waals surface area contributed by atoms with E-state index in [1.165, 1.54) is 0 Å². The van der Waals surface area contributed by atoms with Gasteiger partial charge in [-0.15, -0.1) is 0 Å². The average Bonchev–Trinajstić information content (AvgIpc) is 3.32. The summed E-state index contributed by atoms with van der Waals surface area (Å²) in [6.07, 6.45) is -1.64. The Bertz CT molecular complexity index is 864. The van der Waals surface area contributed by atoms with Crippen LogP contribution in [-0.2, 0) is 23.7 Å². The van der Waals surface area contributed by atoms with Crippen LogP contribution in [0.25, 0.3) is 6.08 Å². The van der Waals surface area contributed by atoms with Gasteiger partial charge in [0, 0.05) is 11.1 Å². The van der Waals surface area contributed by atoms with E-state index in [2.05, 4.69) is 6.58 Å². The fourth-order valence-electron chi connectivity index (χ4n) is 4.04. The average molecular weight is 396 g/mol. The molecular weight excluding hydrogens is 372 g/mol. The molecule has 3 heterocycles. The van der Waals surface area contributed by atoms with Crippen molar-refractivity contribution in [2.24, 2.45) is 0 Å². The zero-order chi connectivity index (χ0) is 20.0. The lowest BCUT2D eigenvalue weighted by molar-refractivity contribution is -0.305. The van der Waals surface area contributed by atoms with Crippen LogP contribution in [0.2, 0.25) is 0 Å². The molecule has 152 valence electrons. The molecule has 1 N–H and O–H groups in total. The summed E-state index contributed by atoms with van der Waals surface area (Å²) in [7, 11) is 0. The predicted molar refractivity (Wildman–Crippen MR) is 105 cm³/mol. The maximum absolute atomic E-state index is 9.84. The van der Waals surface area contributed by atoms with Crippen molar-refractivity contribution < 1.29 is 28.8 Å². The van der Waals surface area contributed by atoms with E-state index in [0.717, 1.165) is 22.3 Å². The van der Waals surface area contributed by atoms with Gasteiger partial charge in [0.25, 0.3) is 0 Å². The lowest BCUT2D eigenvalue weighted by Gasteiger charge is -2.38. The number of fused-ring (bicyclic) bond motifs is 3. The summed E-state index contributed by atoms with van der Waals surface area (Å²) in [5.41, 5.74) is 3.99. The van der Waals surface area contributed by atoms with Crippen LogP contribution in [0.3, 0.4) is 0 Å². The maximum Gasteiger partial charge on any atom is 0.190 e. The lowest BCUT2D eigenvalue weighted by Crippen LogP contribution is -2.50. The predicted octanol–water partition coefficient (Wildman–Crippen LogP) is 3.25. The summed E-state index contributed by atoms with van der Waals surface area (Å²) < 4.78 is 30.4. The number of aliphatic hydroxyl groups excluding tert-OH is 1. The Labute approximate surface area is 169 Å². The molecule has 6 heteroatoms. The van der Waals surface area contributed by atoms with E-state index in [0.29, 0.717) is 0 Å². The van der Waals surface area contributed by atoms with E-state index in [1.807, 2.05) is 55.5 Å². The number of hydrogen-bond acceptors (Lipinski definition) is 6. The maximum atomic E-state index is 9.84. The molecule has 2 aromatic rings. The highest BCUT2D eigenvalue weighted by Crippen LogP contribution is 2.45. The molecule has 3 aliphatic rings. The summed E-state index contributed by atoms with van der Waals surface area (Å²) in [5, 5.41) is 9.84. The van der Waals surface area contributed by atoms with Crippen molar-refractivity contribution in [2.75, 3.05) is 6.61 Å². The summed E-state index contributed by atoms with van der Waals surface area (Å²) in [6.45, 7) is 5.63. The van der Waals surface area contributed by atoms with Crippen LogP contribution in [0.4, 0.5) is 0 Å². The van der Waals surface area contributed by atoms with Crippen LogP contribution in [0.5, 0.6) is 0 Å². The molecule has 0 aliphatic carbocycles. The third kappa shape index (κ3) is 3.42. The van der Waals surface area contributed by atoms with Gasteiger partial charge < -0.3 is 28.8 Å². The van der Waals surface area contributed by atoms with Gasteiger partial charge in [-0.05, 0) is 12.5 Å². The summed E-state index contributed by atoms with van der Waals surface area (Å²) in [6, 6.07) is 15.8. The van der Waals surface area contributed by atoms with Crippen LogP contribution >= 0.6 is 0 Å². The third-order valence-electron chi connectivity index (χ3n) is 5.66. The van der Waals surface area contributed by atoms with Crippen molar-refractivity contribution in [3.63, 3.8) is 0 Å². The number of aliphatic hydroxyl groups is 1. The summed E-state index contributed by atoms with van der Waals surface area (Å²) in [5.74, 6) is 0. The zero-order valence-corrected chi connectivity index (χ0v) is 16.1. The van der Waals surface area contributed by atoms with Crippen LogP contribution in [0.1, 0.15) is 34.8 Å². The second-order valence-electron chi connectivity index (χ2n) is 7.61. The largest absolute Gasteiger partial charge is 0.394 e. The molecule has 0 aromatic heterocycles. The summed E-state index contributed by atoms with van der Waals surface area (Å²) >= 11 is 0. The van der Waals surface area contributed by atoms with Gasteiger partial charge in [-0.25, -0.2) is 0 Å². The minimum atomic E-state index is -0.592. The second kappa shape index (κ2) is 7.65.